The normalized spacial score (nSPS) is 11.2. The van der Waals surface area contributed by atoms with Crippen molar-refractivity contribution in [3.05, 3.63) is 109 Å². The van der Waals surface area contributed by atoms with Gasteiger partial charge in [0.05, 0.1) is 10.9 Å². The zero-order valence-corrected chi connectivity index (χ0v) is 19.5. The maximum absolute atomic E-state index is 13.5. The molecule has 4 rings (SSSR count). The average molecular weight is 425 g/mol. The summed E-state index contributed by atoms with van der Waals surface area (Å²) in [4.78, 5) is 31.5. The fraction of sp³-hybridized carbons (Fsp3) is 0.250. The van der Waals surface area contributed by atoms with Crippen molar-refractivity contribution in [2.24, 2.45) is 0 Å². The smallest absolute Gasteiger partial charge is 0.202 e. The van der Waals surface area contributed by atoms with E-state index in [-0.39, 0.29) is 16.8 Å². The largest absolute Gasteiger partial charge is 0.327 e. The summed E-state index contributed by atoms with van der Waals surface area (Å²) in [5, 5.41) is 0.467. The van der Waals surface area contributed by atoms with Crippen LogP contribution in [0.4, 0.5) is 0 Å². The minimum atomic E-state index is -0.271. The van der Waals surface area contributed by atoms with Crippen molar-refractivity contribution < 1.29 is 4.79 Å². The number of hydrogen-bond acceptors (Lipinski definition) is 3. The van der Waals surface area contributed by atoms with Crippen molar-refractivity contribution in [2.45, 2.75) is 48.1 Å². The minimum Gasteiger partial charge on any atom is -0.327 e. The summed E-state index contributed by atoms with van der Waals surface area (Å²) >= 11 is 0. The summed E-state index contributed by atoms with van der Waals surface area (Å²) in [6.45, 7) is 12.6. The number of carbonyl (C=O) groups excluding carboxylic acids is 1. The molecule has 0 atom stereocenters. The Balaban J connectivity index is 1.96. The fourth-order valence-electron chi connectivity index (χ4n) is 4.40. The number of rotatable bonds is 4. The summed E-state index contributed by atoms with van der Waals surface area (Å²) in [6, 6.07) is 13.7. The van der Waals surface area contributed by atoms with Crippen molar-refractivity contribution >= 4 is 16.8 Å². The molecule has 4 aromatic rings. The number of pyridine rings is 2. The Morgan fingerprint density at radius 1 is 0.812 bits per heavy atom. The van der Waals surface area contributed by atoms with Crippen LogP contribution in [0.15, 0.2) is 53.5 Å². The molecule has 0 spiro atoms. The maximum atomic E-state index is 13.5. The molecule has 0 aliphatic heterocycles. The van der Waals surface area contributed by atoms with Crippen molar-refractivity contribution in [1.29, 1.82) is 0 Å². The molecule has 2 heterocycles. The lowest BCUT2D eigenvalue weighted by atomic mass is 9.96. The van der Waals surface area contributed by atoms with E-state index in [1.54, 1.807) is 12.3 Å². The fourth-order valence-corrected chi connectivity index (χ4v) is 4.40. The van der Waals surface area contributed by atoms with Crippen LogP contribution < -0.4 is 5.43 Å². The molecule has 32 heavy (non-hydrogen) atoms. The van der Waals surface area contributed by atoms with Gasteiger partial charge in [-0.05, 0) is 82.0 Å². The van der Waals surface area contributed by atoms with Gasteiger partial charge in [0.15, 0.2) is 5.78 Å². The Morgan fingerprint density at radius 2 is 1.50 bits per heavy atom. The van der Waals surface area contributed by atoms with E-state index < -0.39 is 0 Å². The second-order valence-electron chi connectivity index (χ2n) is 8.85. The molecule has 0 aliphatic carbocycles. The molecular weight excluding hydrogens is 396 g/mol. The molecular formula is C28H28N2O2. The molecule has 0 unspecified atom stereocenters. The molecule has 2 aromatic heterocycles. The highest BCUT2D eigenvalue weighted by molar-refractivity contribution is 6.11. The van der Waals surface area contributed by atoms with Gasteiger partial charge < -0.3 is 4.57 Å². The summed E-state index contributed by atoms with van der Waals surface area (Å²) in [7, 11) is 0. The lowest BCUT2D eigenvalue weighted by molar-refractivity contribution is 0.103. The van der Waals surface area contributed by atoms with Crippen LogP contribution in [0.2, 0.25) is 0 Å². The van der Waals surface area contributed by atoms with E-state index in [2.05, 4.69) is 37.9 Å². The second kappa shape index (κ2) is 8.19. The highest BCUT2D eigenvalue weighted by Gasteiger charge is 2.20. The van der Waals surface area contributed by atoms with Crippen molar-refractivity contribution in [3.8, 4) is 0 Å². The maximum Gasteiger partial charge on any atom is 0.202 e. The molecule has 0 amide bonds. The van der Waals surface area contributed by atoms with Crippen LogP contribution in [0.1, 0.15) is 55.0 Å². The van der Waals surface area contributed by atoms with Gasteiger partial charge in [0, 0.05) is 24.0 Å². The first-order chi connectivity index (χ1) is 15.2. The lowest BCUT2D eigenvalue weighted by Crippen LogP contribution is -2.22. The SMILES string of the molecule is Cc1cc(C)c(Cn2cc(C(=O)c3cc(C)ccc3C)c(=O)c3ccc(C)nc32)c(C)c1. The molecule has 4 nitrogen and oxygen atoms in total. The monoisotopic (exact) mass is 424 g/mol. The van der Waals surface area contributed by atoms with Gasteiger partial charge in [-0.15, -0.1) is 0 Å². The number of carbonyl (C=O) groups is 1. The molecule has 0 bridgehead atoms. The predicted molar refractivity (Wildman–Crippen MR) is 130 cm³/mol. The van der Waals surface area contributed by atoms with Crippen LogP contribution in [-0.4, -0.2) is 15.3 Å². The van der Waals surface area contributed by atoms with E-state index >= 15 is 0 Å². The highest BCUT2D eigenvalue weighted by atomic mass is 16.1. The quantitative estimate of drug-likeness (QED) is 0.405. The van der Waals surface area contributed by atoms with Crippen molar-refractivity contribution in [1.82, 2.24) is 9.55 Å². The Morgan fingerprint density at radius 3 is 2.19 bits per heavy atom. The Hall–Kier alpha value is -3.53. The number of aromatic nitrogens is 2. The number of hydrogen-bond donors (Lipinski definition) is 0. The summed E-state index contributed by atoms with van der Waals surface area (Å²) < 4.78 is 1.95. The molecule has 0 saturated carbocycles. The molecule has 162 valence electrons. The summed E-state index contributed by atoms with van der Waals surface area (Å²) in [6.07, 6.45) is 1.69. The van der Waals surface area contributed by atoms with Gasteiger partial charge in [-0.3, -0.25) is 9.59 Å². The van der Waals surface area contributed by atoms with Crippen molar-refractivity contribution in [2.75, 3.05) is 0 Å². The molecule has 0 fully saturated rings. The van der Waals surface area contributed by atoms with Crippen molar-refractivity contribution in [3.63, 3.8) is 0 Å². The number of aryl methyl sites for hydroxylation is 6. The summed E-state index contributed by atoms with van der Waals surface area (Å²) in [5.41, 5.74) is 8.52. The van der Waals surface area contributed by atoms with E-state index in [9.17, 15) is 9.59 Å². The first kappa shape index (κ1) is 21.7. The van der Waals surface area contributed by atoms with Gasteiger partial charge in [-0.2, -0.15) is 0 Å². The van der Waals surface area contributed by atoms with Crippen LogP contribution in [0.25, 0.3) is 11.0 Å². The van der Waals surface area contributed by atoms with Gasteiger partial charge in [0.2, 0.25) is 5.43 Å². The molecule has 2 aromatic carbocycles. The van der Waals surface area contributed by atoms with Gasteiger partial charge >= 0.3 is 0 Å². The third-order valence-electron chi connectivity index (χ3n) is 6.11. The van der Waals surface area contributed by atoms with Gasteiger partial charge in [-0.1, -0.05) is 35.4 Å². The number of fused-ring (bicyclic) bond motifs is 1. The Labute approximate surface area is 188 Å². The Kier molecular flexibility index (Phi) is 5.55. The predicted octanol–water partition coefficient (Wildman–Crippen LogP) is 5.53. The first-order valence-electron chi connectivity index (χ1n) is 10.8. The minimum absolute atomic E-state index is 0.180. The third kappa shape index (κ3) is 3.89. The van der Waals surface area contributed by atoms with E-state index in [0.717, 1.165) is 16.8 Å². The zero-order valence-electron chi connectivity index (χ0n) is 19.5. The third-order valence-corrected chi connectivity index (χ3v) is 6.11. The highest BCUT2D eigenvalue weighted by Crippen LogP contribution is 2.21. The van der Waals surface area contributed by atoms with E-state index in [1.165, 1.54) is 22.3 Å². The van der Waals surface area contributed by atoms with Crippen LogP contribution >= 0.6 is 0 Å². The van der Waals surface area contributed by atoms with Crippen LogP contribution in [0.3, 0.4) is 0 Å². The van der Waals surface area contributed by atoms with E-state index in [0.29, 0.717) is 23.1 Å². The second-order valence-corrected chi connectivity index (χ2v) is 8.85. The Bertz CT molecular complexity index is 1420. The van der Waals surface area contributed by atoms with E-state index in [1.807, 2.05) is 49.6 Å². The molecule has 0 N–H and O–H groups in total. The topological polar surface area (TPSA) is 52.0 Å². The van der Waals surface area contributed by atoms with Crippen LogP contribution in [0.5, 0.6) is 0 Å². The average Bonchev–Trinajstić information content (AvgIpc) is 2.73. The first-order valence-corrected chi connectivity index (χ1v) is 10.8. The molecule has 0 saturated heterocycles. The van der Waals surface area contributed by atoms with Gasteiger partial charge in [0.1, 0.15) is 5.65 Å². The number of ketones is 1. The molecule has 0 radical (unpaired) electrons. The van der Waals surface area contributed by atoms with Crippen LogP contribution in [-0.2, 0) is 6.54 Å². The number of nitrogens with zero attached hydrogens (tertiary/aromatic N) is 2. The van der Waals surface area contributed by atoms with Gasteiger partial charge in [-0.25, -0.2) is 4.98 Å². The zero-order chi connectivity index (χ0) is 23.2. The lowest BCUT2D eigenvalue weighted by Gasteiger charge is -2.17. The summed E-state index contributed by atoms with van der Waals surface area (Å²) in [5.74, 6) is -0.246. The molecule has 0 aliphatic rings. The van der Waals surface area contributed by atoms with Gasteiger partial charge in [0.25, 0.3) is 0 Å². The molecule has 4 heteroatoms. The number of benzene rings is 2. The standard InChI is InChI=1S/C28H28N2O2/c1-16-7-8-18(3)23(13-16)27(32)25-15-30(14-24-19(4)11-17(2)12-20(24)5)28-22(26(25)31)10-9-21(6)29-28/h7-13,15H,14H2,1-6H3. The van der Waals surface area contributed by atoms with Crippen LogP contribution in [0, 0.1) is 41.5 Å². The van der Waals surface area contributed by atoms with E-state index in [4.69, 9.17) is 0 Å².